The van der Waals surface area contributed by atoms with Gasteiger partial charge in [-0.15, -0.1) is 23.2 Å². The highest BCUT2D eigenvalue weighted by Crippen LogP contribution is 2.34. The number of amides is 1. The second-order valence-electron chi connectivity index (χ2n) is 19.9. The number of hydrogen-bond donors (Lipinski definition) is 3. The maximum atomic E-state index is 12.3. The number of carbonyl (C=O) groups excluding carboxylic acids is 4. The van der Waals surface area contributed by atoms with E-state index in [1.165, 1.54) is 36.8 Å². The Morgan fingerprint density at radius 1 is 0.618 bits per heavy atom. The van der Waals surface area contributed by atoms with Gasteiger partial charge in [-0.3, -0.25) is 14.4 Å². The predicted molar refractivity (Wildman–Crippen MR) is 271 cm³/mol. The summed E-state index contributed by atoms with van der Waals surface area (Å²) in [6, 6.07) is 17.0. The molecule has 3 N–H and O–H groups in total. The van der Waals surface area contributed by atoms with E-state index in [9.17, 15) is 64.1 Å². The highest BCUT2D eigenvalue weighted by Gasteiger charge is 2.54. The summed E-state index contributed by atoms with van der Waals surface area (Å²) in [5.74, 6) is -1.83. The zero-order chi connectivity index (χ0) is 57.3. The van der Waals surface area contributed by atoms with Crippen molar-refractivity contribution < 1.29 is 83.1 Å². The lowest BCUT2D eigenvalue weighted by Crippen LogP contribution is -2.45. The molecule has 13 nitrogen and oxygen atoms in total. The first-order chi connectivity index (χ1) is 35.6. The normalized spacial score (nSPS) is 18.6. The number of halogens is 11. The highest BCUT2D eigenvalue weighted by molar-refractivity contribution is 6.41. The van der Waals surface area contributed by atoms with Crippen molar-refractivity contribution in [3.8, 4) is 11.5 Å². The minimum Gasteiger partial charge on any atom is -0.497 e. The van der Waals surface area contributed by atoms with Gasteiger partial charge in [0.2, 0.25) is 6.29 Å². The number of aliphatic hydroxyl groups is 2. The van der Waals surface area contributed by atoms with Crippen LogP contribution in [0.4, 0.5) is 44.3 Å². The number of ketones is 2. The Morgan fingerprint density at radius 3 is 1.22 bits per heavy atom. The molecule has 1 amide bonds. The summed E-state index contributed by atoms with van der Waals surface area (Å²) < 4.78 is 114. The van der Waals surface area contributed by atoms with Crippen molar-refractivity contribution in [2.45, 2.75) is 108 Å². The number of carbonyl (C=O) groups is 4. The molecule has 0 aromatic heterocycles. The quantitative estimate of drug-likeness (QED) is 0.0756. The summed E-state index contributed by atoms with van der Waals surface area (Å²) in [5.41, 5.74) is 2.38. The van der Waals surface area contributed by atoms with Gasteiger partial charge in [0.15, 0.2) is 0 Å². The van der Waals surface area contributed by atoms with E-state index in [2.05, 4.69) is 51.5 Å². The molecule has 4 aliphatic rings. The second-order valence-corrected chi connectivity index (χ2v) is 20.7. The van der Waals surface area contributed by atoms with Gasteiger partial charge in [-0.1, -0.05) is 24.3 Å². The van der Waals surface area contributed by atoms with Crippen LogP contribution in [0.5, 0.6) is 11.5 Å². The van der Waals surface area contributed by atoms with Gasteiger partial charge in [0.25, 0.3) is 0 Å². The van der Waals surface area contributed by atoms with Crippen LogP contribution in [0.25, 0.3) is 0 Å². The van der Waals surface area contributed by atoms with E-state index in [4.69, 9.17) is 42.2 Å². The molecular formula is C52H75Cl2F9N4O9. The third-order valence-corrected chi connectivity index (χ3v) is 13.6. The van der Waals surface area contributed by atoms with Crippen LogP contribution in [-0.4, -0.2) is 171 Å². The molecule has 4 fully saturated rings. The van der Waals surface area contributed by atoms with Crippen LogP contribution >= 0.6 is 23.2 Å². The predicted octanol–water partition coefficient (Wildman–Crippen LogP) is 10.0. The van der Waals surface area contributed by atoms with E-state index in [0.29, 0.717) is 36.2 Å². The molecule has 76 heavy (non-hydrogen) atoms. The molecule has 6 rings (SSSR count). The molecule has 2 atom stereocenters. The minimum absolute atomic E-state index is 0.194. The molecule has 434 valence electrons. The Kier molecular flexibility index (Phi) is 30.0. The van der Waals surface area contributed by atoms with Crippen molar-refractivity contribution in [2.75, 3.05) is 98.2 Å². The van der Waals surface area contributed by atoms with Crippen molar-refractivity contribution in [3.05, 3.63) is 59.7 Å². The fourth-order valence-corrected chi connectivity index (χ4v) is 9.48. The summed E-state index contributed by atoms with van der Waals surface area (Å²) in [5, 5.41) is 23.5. The smallest absolute Gasteiger partial charge is 0.458 e. The van der Waals surface area contributed by atoms with E-state index in [-0.39, 0.29) is 24.0 Å². The van der Waals surface area contributed by atoms with Crippen molar-refractivity contribution in [1.29, 1.82) is 0 Å². The number of piperidine rings is 4. The number of alkyl halides is 11. The Bertz CT molecular complexity index is 1940. The van der Waals surface area contributed by atoms with Gasteiger partial charge in [-0.05, 0) is 182 Å². The molecule has 0 aliphatic carbocycles. The molecule has 0 spiro atoms. The Morgan fingerprint density at radius 2 is 0.947 bits per heavy atom. The average Bonchev–Trinajstić information content (AvgIpc) is 3.39. The number of methoxy groups -OCH3 is 2. The maximum Gasteiger partial charge on any atom is 0.458 e. The number of nitrogens with one attached hydrogen (secondary N) is 1. The fourth-order valence-electron chi connectivity index (χ4n) is 9.48. The number of aldehydes is 1. The third-order valence-electron chi connectivity index (χ3n) is 13.6. The lowest BCUT2D eigenvalue weighted by molar-refractivity contribution is -0.193. The molecule has 0 bridgehead atoms. The molecular weight excluding hydrogens is 1070 g/mol. The first-order valence-corrected chi connectivity index (χ1v) is 26.2. The average molecular weight is 1140 g/mol. The number of rotatable bonds is 13. The van der Waals surface area contributed by atoms with Crippen LogP contribution in [0.2, 0.25) is 0 Å². The second kappa shape index (κ2) is 33.5. The standard InChI is InChI=1S/C25H40N2O4.C20H32N2O2.C4F6O2.C2HF3O.CH2Cl2/c1-25(2,3)31-24(29)27-15-11-21(12-16-27)22(18-28)17-26-13-9-20(10-14-26)19-5-7-23(30-4)8-6-19;1-24-20-4-2-16(3-5-20)18-8-12-22(13-9-18)14-19(15-23)17-6-10-21-11-7-17;5-3(6,7)1(11)2(12)4(8,9)10;3-2(4,5)1-6;2-1-3/h5-8,20-22,28H,9-18H2,1-4H3;2-5,17-19,21,23H,6-15H2,1H3;;1H;1H2. The van der Waals surface area contributed by atoms with Gasteiger partial charge < -0.3 is 44.4 Å². The molecule has 4 saturated heterocycles. The molecule has 2 aromatic rings. The van der Waals surface area contributed by atoms with Crippen LogP contribution in [0.1, 0.15) is 95.1 Å². The maximum absolute atomic E-state index is 12.3. The fraction of sp³-hybridized carbons (Fsp3) is 0.692. The van der Waals surface area contributed by atoms with E-state index in [1.54, 1.807) is 14.2 Å². The molecule has 2 aromatic carbocycles. The number of ether oxygens (including phenoxy) is 3. The molecule has 2 unspecified atom stereocenters. The van der Waals surface area contributed by atoms with Crippen molar-refractivity contribution in [1.82, 2.24) is 20.0 Å². The van der Waals surface area contributed by atoms with Crippen LogP contribution in [0.3, 0.4) is 0 Å². The van der Waals surface area contributed by atoms with Crippen molar-refractivity contribution in [2.24, 2.45) is 23.7 Å². The van der Waals surface area contributed by atoms with E-state index in [0.717, 1.165) is 103 Å². The molecule has 0 radical (unpaired) electrons. The molecule has 4 heterocycles. The van der Waals surface area contributed by atoms with Gasteiger partial charge in [0, 0.05) is 39.4 Å². The third kappa shape index (κ3) is 25.7. The van der Waals surface area contributed by atoms with Crippen LogP contribution in [0.15, 0.2) is 48.5 Å². The number of benzene rings is 2. The summed E-state index contributed by atoms with van der Waals surface area (Å²) >= 11 is 9.53. The van der Waals surface area contributed by atoms with E-state index < -0.39 is 42.0 Å². The lowest BCUT2D eigenvalue weighted by atomic mass is 9.83. The van der Waals surface area contributed by atoms with Gasteiger partial charge in [0.05, 0.1) is 19.6 Å². The van der Waals surface area contributed by atoms with Crippen LogP contribution in [0, 0.1) is 23.7 Å². The van der Waals surface area contributed by atoms with Gasteiger partial charge >= 0.3 is 36.2 Å². The Labute approximate surface area is 450 Å². The number of Topliss-reactive ketones (excluding diaryl/α,β-unsaturated/α-hetero) is 2. The molecule has 0 saturated carbocycles. The van der Waals surface area contributed by atoms with Crippen molar-refractivity contribution in [3.63, 3.8) is 0 Å². The van der Waals surface area contributed by atoms with Crippen molar-refractivity contribution >= 4 is 47.1 Å². The van der Waals surface area contributed by atoms with E-state index in [1.807, 2.05) is 37.8 Å². The zero-order valence-electron chi connectivity index (χ0n) is 43.8. The SMILES string of the molecule is COc1ccc(C2CCN(CC(CO)C3CCN(C(=O)OC(C)(C)C)CC3)CC2)cc1.COc1ccc(C2CCN(CC(CO)C3CCNCC3)CC2)cc1.ClCCl.O=C(C(=O)C(F)(F)F)C(F)(F)F.O=CC(F)(F)F. The highest BCUT2D eigenvalue weighted by atomic mass is 35.5. The summed E-state index contributed by atoms with van der Waals surface area (Å²) in [4.78, 5) is 47.1. The Balaban J connectivity index is 0.000000386. The largest absolute Gasteiger partial charge is 0.497 e. The number of hydrogen-bond acceptors (Lipinski definition) is 12. The zero-order valence-corrected chi connectivity index (χ0v) is 45.3. The Hall–Kier alpha value is -3.93. The first-order valence-electron chi connectivity index (χ1n) is 25.1. The summed E-state index contributed by atoms with van der Waals surface area (Å²) in [6.45, 7) is 16.4. The minimum atomic E-state index is -5.77. The lowest BCUT2D eigenvalue weighted by Gasteiger charge is -2.39. The van der Waals surface area contributed by atoms with Crippen LogP contribution < -0.4 is 14.8 Å². The topological polar surface area (TPSA) is 158 Å². The molecule has 24 heteroatoms. The molecule has 4 aliphatic heterocycles. The number of likely N-dealkylation sites (tertiary alicyclic amines) is 3. The summed E-state index contributed by atoms with van der Waals surface area (Å²) in [7, 11) is 3.42. The monoisotopic (exact) mass is 1140 g/mol. The summed E-state index contributed by atoms with van der Waals surface area (Å²) in [6.07, 6.45) is -8.41. The first kappa shape index (κ1) is 68.2. The van der Waals surface area contributed by atoms with Gasteiger partial charge in [-0.25, -0.2) is 4.79 Å². The number of nitrogens with zero attached hydrogens (tertiary/aromatic N) is 3. The van der Waals surface area contributed by atoms with Crippen LogP contribution in [-0.2, 0) is 19.1 Å². The van der Waals surface area contributed by atoms with E-state index >= 15 is 0 Å². The van der Waals surface area contributed by atoms with Gasteiger partial charge in [0.1, 0.15) is 17.1 Å². The van der Waals surface area contributed by atoms with Gasteiger partial charge in [-0.2, -0.15) is 39.5 Å². The number of aliphatic hydroxyl groups excluding tert-OH is 2.